The van der Waals surface area contributed by atoms with E-state index in [4.69, 9.17) is 0 Å². The summed E-state index contributed by atoms with van der Waals surface area (Å²) in [6.45, 7) is 3.66. The quantitative estimate of drug-likeness (QED) is 0.402. The van der Waals surface area contributed by atoms with E-state index in [-0.39, 0.29) is 34.0 Å². The highest BCUT2D eigenvalue weighted by molar-refractivity contribution is 8.93. The molecule has 0 aromatic carbocycles. The Morgan fingerprint density at radius 1 is 1.48 bits per heavy atom. The molecule has 1 aromatic heterocycles. The highest BCUT2D eigenvalue weighted by Crippen LogP contribution is 2.42. The van der Waals surface area contributed by atoms with Crippen LogP contribution in [0.1, 0.15) is 13.8 Å². The molecular weight excluding hydrogens is 432 g/mol. The first-order valence-corrected chi connectivity index (χ1v) is 9.19. The van der Waals surface area contributed by atoms with E-state index >= 15 is 0 Å². The lowest BCUT2D eigenvalue weighted by molar-refractivity contribution is -0.147. The van der Waals surface area contributed by atoms with Crippen molar-refractivity contribution in [1.29, 1.82) is 0 Å². The zero-order chi connectivity index (χ0) is 17.4. The Balaban J connectivity index is 0.00000225. The highest BCUT2D eigenvalue weighted by atomic mass is 79.9. The van der Waals surface area contributed by atoms with Gasteiger partial charge in [-0.3, -0.25) is 14.7 Å². The maximum atomic E-state index is 12.3. The van der Waals surface area contributed by atoms with Gasteiger partial charge in [0, 0.05) is 24.3 Å². The molecule has 2 aliphatic heterocycles. The number of carbonyl (C=O) groups is 2. The lowest BCUT2D eigenvalue weighted by atomic mass is 10.0. The molecule has 1 fully saturated rings. The summed E-state index contributed by atoms with van der Waals surface area (Å²) in [5.41, 5.74) is 1.58. The van der Waals surface area contributed by atoms with Gasteiger partial charge in [-0.15, -0.1) is 33.8 Å². The van der Waals surface area contributed by atoms with E-state index in [1.165, 1.54) is 21.3 Å². The van der Waals surface area contributed by atoms with Crippen LogP contribution in [0.5, 0.6) is 0 Å². The van der Waals surface area contributed by atoms with Crippen LogP contribution in [0.2, 0.25) is 0 Å². The average Bonchev–Trinajstić information content (AvgIpc) is 2.94. The normalized spacial score (nSPS) is 22.0. The van der Waals surface area contributed by atoms with Crippen molar-refractivity contribution >= 4 is 58.1 Å². The molecule has 0 radical (unpaired) electrons. The van der Waals surface area contributed by atoms with E-state index in [0.717, 1.165) is 5.71 Å². The number of aryl methyl sites for hydroxylation is 1. The Bertz CT molecular complexity index is 761. The fourth-order valence-corrected chi connectivity index (χ4v) is 4.85. The van der Waals surface area contributed by atoms with Crippen LogP contribution >= 0.6 is 40.5 Å². The molecule has 2 aliphatic rings. The standard InChI is InChI=1S/C13H16N6O3S2.BrH/c1-6(2)14-8-10(20)19-9(12(21)22)7(4-23-11(8)19)5-24-13-15-16-17-18(13)3;/h8,11H,4-5H2,1-3H3,(H,21,22);1H/t8?,11-;/m1./s1. The topological polar surface area (TPSA) is 114 Å². The molecule has 1 aromatic rings. The second kappa shape index (κ2) is 7.87. The summed E-state index contributed by atoms with van der Waals surface area (Å²) in [5, 5.41) is 21.1. The molecule has 25 heavy (non-hydrogen) atoms. The fourth-order valence-electron chi connectivity index (χ4n) is 2.53. The summed E-state index contributed by atoms with van der Waals surface area (Å²) in [6.07, 6.45) is 0. The van der Waals surface area contributed by atoms with Gasteiger partial charge in [-0.1, -0.05) is 11.8 Å². The van der Waals surface area contributed by atoms with Crippen LogP contribution in [0.4, 0.5) is 0 Å². The molecule has 1 saturated heterocycles. The van der Waals surface area contributed by atoms with Crippen molar-refractivity contribution in [3.63, 3.8) is 0 Å². The SMILES string of the molecule is Br.CC(C)=NC1C(=O)N2C(C(=O)O)=C(CSc3nnnn3C)CS[C@H]12. The minimum atomic E-state index is -1.09. The van der Waals surface area contributed by atoms with Crippen molar-refractivity contribution in [2.24, 2.45) is 12.0 Å². The predicted molar refractivity (Wildman–Crippen MR) is 100 cm³/mol. The van der Waals surface area contributed by atoms with Gasteiger partial charge in [-0.25, -0.2) is 9.48 Å². The zero-order valence-electron chi connectivity index (χ0n) is 13.7. The van der Waals surface area contributed by atoms with Gasteiger partial charge in [-0.2, -0.15) is 0 Å². The number of amides is 1. The van der Waals surface area contributed by atoms with Crippen molar-refractivity contribution in [3.05, 3.63) is 11.3 Å². The van der Waals surface area contributed by atoms with Crippen molar-refractivity contribution < 1.29 is 14.7 Å². The number of rotatable bonds is 5. The second-order valence-electron chi connectivity index (χ2n) is 5.56. The summed E-state index contributed by atoms with van der Waals surface area (Å²) in [7, 11) is 1.72. The first-order chi connectivity index (χ1) is 11.4. The molecule has 12 heteroatoms. The minimum absolute atomic E-state index is 0. The molecule has 1 unspecified atom stereocenters. The van der Waals surface area contributed by atoms with E-state index in [2.05, 4.69) is 20.5 Å². The summed E-state index contributed by atoms with van der Waals surface area (Å²) in [6, 6.07) is -0.480. The number of carboxylic acids is 1. The number of halogens is 1. The second-order valence-corrected chi connectivity index (χ2v) is 7.61. The van der Waals surface area contributed by atoms with Gasteiger partial charge in [-0.05, 0) is 29.8 Å². The van der Waals surface area contributed by atoms with Crippen LogP contribution < -0.4 is 0 Å². The van der Waals surface area contributed by atoms with Gasteiger partial charge in [0.15, 0.2) is 6.04 Å². The van der Waals surface area contributed by atoms with Crippen LogP contribution in [0.15, 0.2) is 21.4 Å². The van der Waals surface area contributed by atoms with E-state index < -0.39 is 12.0 Å². The number of carboxylic acid groups (broad SMARTS) is 1. The molecule has 3 heterocycles. The molecule has 2 atom stereocenters. The summed E-state index contributed by atoms with van der Waals surface area (Å²) in [5.74, 6) is -0.381. The highest BCUT2D eigenvalue weighted by Gasteiger charge is 2.53. The predicted octanol–water partition coefficient (Wildman–Crippen LogP) is 0.983. The Morgan fingerprint density at radius 3 is 2.76 bits per heavy atom. The summed E-state index contributed by atoms with van der Waals surface area (Å²) < 4.78 is 1.52. The van der Waals surface area contributed by atoms with Crippen molar-refractivity contribution in [2.45, 2.75) is 30.4 Å². The first-order valence-electron chi connectivity index (χ1n) is 7.16. The number of tetrazole rings is 1. The van der Waals surface area contributed by atoms with E-state index in [1.54, 1.807) is 18.8 Å². The van der Waals surface area contributed by atoms with Crippen LogP contribution in [0.3, 0.4) is 0 Å². The molecule has 9 nitrogen and oxygen atoms in total. The first kappa shape index (κ1) is 19.9. The Morgan fingerprint density at radius 2 is 2.20 bits per heavy atom. The third-order valence-electron chi connectivity index (χ3n) is 3.58. The number of fused-ring (bicyclic) bond motifs is 1. The van der Waals surface area contributed by atoms with Gasteiger partial charge in [0.1, 0.15) is 11.1 Å². The number of aromatic nitrogens is 4. The Kier molecular flexibility index (Phi) is 6.27. The summed E-state index contributed by atoms with van der Waals surface area (Å²) >= 11 is 2.89. The van der Waals surface area contributed by atoms with E-state index in [9.17, 15) is 14.7 Å². The fraction of sp³-hybridized carbons (Fsp3) is 0.538. The summed E-state index contributed by atoms with van der Waals surface area (Å²) in [4.78, 5) is 29.7. The number of β-lactam (4-membered cyclic amide) rings is 1. The van der Waals surface area contributed by atoms with Crippen molar-refractivity contribution in [2.75, 3.05) is 11.5 Å². The maximum Gasteiger partial charge on any atom is 0.352 e. The number of aliphatic imine (C=N–C) groups is 1. The van der Waals surface area contributed by atoms with Crippen LogP contribution in [0.25, 0.3) is 0 Å². The van der Waals surface area contributed by atoms with Crippen molar-refractivity contribution in [1.82, 2.24) is 25.1 Å². The third-order valence-corrected chi connectivity index (χ3v) is 6.00. The molecule has 1 amide bonds. The smallest absolute Gasteiger partial charge is 0.352 e. The number of aliphatic carboxylic acids is 1. The molecular formula is C13H17BrN6O3S2. The molecule has 3 rings (SSSR count). The Hall–Kier alpha value is -1.40. The number of nitrogens with zero attached hydrogens (tertiary/aromatic N) is 6. The lowest BCUT2D eigenvalue weighted by Gasteiger charge is -2.48. The largest absolute Gasteiger partial charge is 0.477 e. The third kappa shape index (κ3) is 3.75. The zero-order valence-corrected chi connectivity index (χ0v) is 17.1. The number of thioether (sulfide) groups is 2. The van der Waals surface area contributed by atoms with Gasteiger partial charge in [0.05, 0.1) is 0 Å². The maximum absolute atomic E-state index is 12.3. The molecule has 0 saturated carbocycles. The van der Waals surface area contributed by atoms with Crippen LogP contribution in [-0.4, -0.2) is 70.7 Å². The Labute approximate surface area is 163 Å². The monoisotopic (exact) mass is 448 g/mol. The van der Waals surface area contributed by atoms with Crippen molar-refractivity contribution in [3.8, 4) is 0 Å². The molecule has 0 aliphatic carbocycles. The van der Waals surface area contributed by atoms with Gasteiger partial charge in [0.25, 0.3) is 5.91 Å². The minimum Gasteiger partial charge on any atom is -0.477 e. The van der Waals surface area contributed by atoms with E-state index in [1.807, 2.05) is 13.8 Å². The lowest BCUT2D eigenvalue weighted by Crippen LogP contribution is -2.64. The van der Waals surface area contributed by atoms with Gasteiger partial charge < -0.3 is 5.11 Å². The number of hydrogen-bond acceptors (Lipinski definition) is 8. The van der Waals surface area contributed by atoms with Crippen LogP contribution in [0, 0.1) is 0 Å². The molecule has 0 bridgehead atoms. The number of hydrogen-bond donors (Lipinski definition) is 1. The van der Waals surface area contributed by atoms with Crippen LogP contribution in [-0.2, 0) is 16.6 Å². The van der Waals surface area contributed by atoms with Gasteiger partial charge in [0.2, 0.25) is 5.16 Å². The molecule has 0 spiro atoms. The number of carbonyl (C=O) groups excluding carboxylic acids is 1. The molecule has 136 valence electrons. The molecule has 1 N–H and O–H groups in total. The average molecular weight is 449 g/mol. The van der Waals surface area contributed by atoms with E-state index in [0.29, 0.717) is 22.2 Å². The van der Waals surface area contributed by atoms with Gasteiger partial charge >= 0.3 is 5.97 Å².